The first-order chi connectivity index (χ1) is 13.1. The molecular weight excluding hydrogens is 338 g/mol. The second-order valence-electron chi connectivity index (χ2n) is 7.24. The van der Waals surface area contributed by atoms with Crippen LogP contribution in [0.1, 0.15) is 41.8 Å². The largest absolute Gasteiger partial charge is 0.325 e. The number of rotatable bonds is 3. The number of aromatic nitrogens is 4. The van der Waals surface area contributed by atoms with Gasteiger partial charge in [0.15, 0.2) is 11.6 Å². The van der Waals surface area contributed by atoms with Gasteiger partial charge in [-0.3, -0.25) is 9.78 Å². The minimum atomic E-state index is -0.127. The molecule has 1 aliphatic heterocycles. The Morgan fingerprint density at radius 3 is 2.59 bits per heavy atom. The second kappa shape index (κ2) is 6.95. The summed E-state index contributed by atoms with van der Waals surface area (Å²) in [7, 11) is 0. The maximum absolute atomic E-state index is 13.2. The molecule has 6 nitrogen and oxygen atoms in total. The molecule has 4 rings (SSSR count). The van der Waals surface area contributed by atoms with Crippen LogP contribution in [0.5, 0.6) is 0 Å². The van der Waals surface area contributed by atoms with E-state index in [0.717, 1.165) is 17.0 Å². The molecule has 0 bridgehead atoms. The van der Waals surface area contributed by atoms with Gasteiger partial charge in [-0.1, -0.05) is 50.2 Å². The molecule has 3 aromatic rings. The quantitative estimate of drug-likeness (QED) is 0.716. The summed E-state index contributed by atoms with van der Waals surface area (Å²) in [5.41, 5.74) is 2.39. The first-order valence-electron chi connectivity index (χ1n) is 9.29. The number of amides is 1. The SMILES string of the molecule is Cc1cccnc1C(=O)N1CCn2nc(-c3ccccc3)nc2[C@@H]1C(C)C. The molecule has 6 heteroatoms. The van der Waals surface area contributed by atoms with Gasteiger partial charge in [-0.15, -0.1) is 0 Å². The highest BCUT2D eigenvalue weighted by atomic mass is 16.2. The Balaban J connectivity index is 1.73. The van der Waals surface area contributed by atoms with Crippen LogP contribution in [0, 0.1) is 12.8 Å². The highest BCUT2D eigenvalue weighted by Gasteiger charge is 2.37. The van der Waals surface area contributed by atoms with Crippen LogP contribution >= 0.6 is 0 Å². The van der Waals surface area contributed by atoms with Crippen LogP contribution in [0.4, 0.5) is 0 Å². The topological polar surface area (TPSA) is 63.9 Å². The summed E-state index contributed by atoms with van der Waals surface area (Å²) < 4.78 is 1.95. The van der Waals surface area contributed by atoms with E-state index in [9.17, 15) is 4.79 Å². The maximum Gasteiger partial charge on any atom is 0.273 e. The fraction of sp³-hybridized carbons (Fsp3) is 0.333. The minimum absolute atomic E-state index is 0.0395. The smallest absolute Gasteiger partial charge is 0.273 e. The zero-order valence-electron chi connectivity index (χ0n) is 15.8. The van der Waals surface area contributed by atoms with Crippen molar-refractivity contribution in [1.29, 1.82) is 0 Å². The number of hydrogen-bond acceptors (Lipinski definition) is 4. The number of hydrogen-bond donors (Lipinski definition) is 0. The standard InChI is InChI=1S/C21H23N5O/c1-14(2)18-20-23-19(16-9-5-4-6-10-16)24-26(20)13-12-25(18)21(27)17-15(3)8-7-11-22-17/h4-11,14,18H,12-13H2,1-3H3/t18-/m0/s1. The molecule has 0 saturated carbocycles. The molecule has 138 valence electrons. The lowest BCUT2D eigenvalue weighted by molar-refractivity contribution is 0.0530. The van der Waals surface area contributed by atoms with Gasteiger partial charge in [-0.25, -0.2) is 9.67 Å². The molecule has 3 heterocycles. The van der Waals surface area contributed by atoms with Crippen LogP contribution in [0.3, 0.4) is 0 Å². The van der Waals surface area contributed by atoms with Crippen LogP contribution in [0.2, 0.25) is 0 Å². The summed E-state index contributed by atoms with van der Waals surface area (Å²) in [5.74, 6) is 1.73. The van der Waals surface area contributed by atoms with Gasteiger partial charge in [-0.2, -0.15) is 5.10 Å². The summed E-state index contributed by atoms with van der Waals surface area (Å²) >= 11 is 0. The molecule has 1 atom stereocenters. The van der Waals surface area contributed by atoms with Crippen LogP contribution in [0.15, 0.2) is 48.7 Å². The molecular formula is C21H23N5O. The van der Waals surface area contributed by atoms with Gasteiger partial charge in [0.1, 0.15) is 5.69 Å². The number of fused-ring (bicyclic) bond motifs is 1. The van der Waals surface area contributed by atoms with Gasteiger partial charge in [-0.05, 0) is 24.5 Å². The Bertz CT molecular complexity index is 964. The first kappa shape index (κ1) is 17.4. The Morgan fingerprint density at radius 1 is 1.11 bits per heavy atom. The molecule has 0 fully saturated rings. The van der Waals surface area contributed by atoms with Crippen molar-refractivity contribution in [3.05, 3.63) is 65.7 Å². The average molecular weight is 361 g/mol. The summed E-state index contributed by atoms with van der Waals surface area (Å²) in [6.45, 7) is 7.38. The predicted octanol–water partition coefficient (Wildman–Crippen LogP) is 3.50. The number of nitrogens with zero attached hydrogens (tertiary/aromatic N) is 5. The molecule has 0 aliphatic carbocycles. The molecule has 27 heavy (non-hydrogen) atoms. The van der Waals surface area contributed by atoms with Gasteiger partial charge < -0.3 is 4.90 Å². The summed E-state index contributed by atoms with van der Waals surface area (Å²) in [6.07, 6.45) is 1.67. The molecule has 1 aromatic carbocycles. The van der Waals surface area contributed by atoms with E-state index < -0.39 is 0 Å². The van der Waals surface area contributed by atoms with Crippen molar-refractivity contribution in [2.45, 2.75) is 33.4 Å². The van der Waals surface area contributed by atoms with Crippen molar-refractivity contribution >= 4 is 5.91 Å². The zero-order chi connectivity index (χ0) is 19.0. The lowest BCUT2D eigenvalue weighted by Crippen LogP contribution is -2.45. The van der Waals surface area contributed by atoms with E-state index in [1.165, 1.54) is 0 Å². The highest BCUT2D eigenvalue weighted by Crippen LogP contribution is 2.33. The van der Waals surface area contributed by atoms with Crippen molar-refractivity contribution in [3.8, 4) is 11.4 Å². The van der Waals surface area contributed by atoms with Crippen molar-refractivity contribution < 1.29 is 4.79 Å². The second-order valence-corrected chi connectivity index (χ2v) is 7.24. The van der Waals surface area contributed by atoms with Crippen LogP contribution in [0.25, 0.3) is 11.4 Å². The van der Waals surface area contributed by atoms with Gasteiger partial charge in [0.2, 0.25) is 0 Å². The van der Waals surface area contributed by atoms with Crippen molar-refractivity contribution in [2.24, 2.45) is 5.92 Å². The van der Waals surface area contributed by atoms with E-state index in [4.69, 9.17) is 4.98 Å². The summed E-state index contributed by atoms with van der Waals surface area (Å²) in [4.78, 5) is 24.3. The lowest BCUT2D eigenvalue weighted by Gasteiger charge is -2.37. The number of carbonyl (C=O) groups is 1. The molecule has 0 N–H and O–H groups in total. The van der Waals surface area contributed by atoms with E-state index in [1.54, 1.807) is 6.20 Å². The molecule has 1 amide bonds. The van der Waals surface area contributed by atoms with Crippen LogP contribution in [-0.2, 0) is 6.54 Å². The monoisotopic (exact) mass is 361 g/mol. The third-order valence-electron chi connectivity index (χ3n) is 4.99. The number of benzene rings is 1. The fourth-order valence-electron chi connectivity index (χ4n) is 3.66. The van der Waals surface area contributed by atoms with Crippen LogP contribution < -0.4 is 0 Å². The number of carbonyl (C=O) groups excluding carboxylic acids is 1. The zero-order valence-corrected chi connectivity index (χ0v) is 15.8. The minimum Gasteiger partial charge on any atom is -0.325 e. The third kappa shape index (κ3) is 3.12. The molecule has 0 saturated heterocycles. The van der Waals surface area contributed by atoms with Crippen molar-refractivity contribution in [1.82, 2.24) is 24.6 Å². The maximum atomic E-state index is 13.2. The predicted molar refractivity (Wildman–Crippen MR) is 103 cm³/mol. The van der Waals surface area contributed by atoms with E-state index in [0.29, 0.717) is 24.6 Å². The van der Waals surface area contributed by atoms with Gasteiger partial charge in [0, 0.05) is 18.3 Å². The number of pyridine rings is 1. The fourth-order valence-corrected chi connectivity index (χ4v) is 3.66. The Kier molecular flexibility index (Phi) is 4.48. The lowest BCUT2D eigenvalue weighted by atomic mass is 9.99. The molecule has 0 unspecified atom stereocenters. The summed E-state index contributed by atoms with van der Waals surface area (Å²) in [6, 6.07) is 13.6. The van der Waals surface area contributed by atoms with Gasteiger partial charge in [0.05, 0.1) is 12.6 Å². The van der Waals surface area contributed by atoms with Gasteiger partial charge in [0.25, 0.3) is 5.91 Å². The molecule has 2 aromatic heterocycles. The highest BCUT2D eigenvalue weighted by molar-refractivity contribution is 5.94. The Morgan fingerprint density at radius 2 is 1.89 bits per heavy atom. The Labute approximate surface area is 158 Å². The van der Waals surface area contributed by atoms with E-state index in [1.807, 2.05) is 59.0 Å². The van der Waals surface area contributed by atoms with E-state index in [2.05, 4.69) is 23.9 Å². The van der Waals surface area contributed by atoms with E-state index in [-0.39, 0.29) is 17.9 Å². The van der Waals surface area contributed by atoms with Gasteiger partial charge >= 0.3 is 0 Å². The molecule has 0 radical (unpaired) electrons. The van der Waals surface area contributed by atoms with Crippen molar-refractivity contribution in [2.75, 3.05) is 6.54 Å². The van der Waals surface area contributed by atoms with E-state index >= 15 is 0 Å². The average Bonchev–Trinajstić information content (AvgIpc) is 3.12. The normalized spacial score (nSPS) is 16.4. The first-order valence-corrected chi connectivity index (χ1v) is 9.29. The number of aryl methyl sites for hydroxylation is 1. The van der Waals surface area contributed by atoms with Crippen molar-refractivity contribution in [3.63, 3.8) is 0 Å². The molecule has 1 aliphatic rings. The van der Waals surface area contributed by atoms with Crippen LogP contribution in [-0.4, -0.2) is 37.1 Å². The Hall–Kier alpha value is -3.02. The molecule has 0 spiro atoms. The summed E-state index contributed by atoms with van der Waals surface area (Å²) in [5, 5.41) is 4.69. The third-order valence-corrected chi connectivity index (χ3v) is 4.99.